The zero-order chi connectivity index (χ0) is 35.3. The molecule has 0 radical (unpaired) electrons. The summed E-state index contributed by atoms with van der Waals surface area (Å²) >= 11 is 6.82. The van der Waals surface area contributed by atoms with Crippen LogP contribution < -0.4 is 10.6 Å². The van der Waals surface area contributed by atoms with Gasteiger partial charge in [0, 0.05) is 35.1 Å². The van der Waals surface area contributed by atoms with E-state index in [0.29, 0.717) is 23.9 Å². The van der Waals surface area contributed by atoms with E-state index in [1.807, 2.05) is 72.8 Å². The van der Waals surface area contributed by atoms with Gasteiger partial charge in [-0.25, -0.2) is 19.9 Å². The number of hydrogen-bond donors (Lipinski definition) is 4. The molecule has 7 rings (SSSR count). The van der Waals surface area contributed by atoms with Crippen molar-refractivity contribution in [3.05, 3.63) is 142 Å². The number of nitrogens with one attached hydrogen (secondary N) is 2. The zero-order valence-corrected chi connectivity index (χ0v) is 31.1. The highest BCUT2D eigenvalue weighted by Gasteiger charge is 2.16. The first-order chi connectivity index (χ1) is 24.8. The topological polar surface area (TPSA) is 116 Å². The summed E-state index contributed by atoms with van der Waals surface area (Å²) in [6, 6.07) is 33.7. The van der Waals surface area contributed by atoms with Crippen LogP contribution in [0.15, 0.2) is 119 Å². The van der Waals surface area contributed by atoms with Gasteiger partial charge in [0.25, 0.3) is 0 Å². The molecule has 0 aliphatic heterocycles. The van der Waals surface area contributed by atoms with E-state index < -0.39 is 12.2 Å². The van der Waals surface area contributed by atoms with Crippen molar-refractivity contribution in [2.45, 2.75) is 38.9 Å². The Labute approximate surface area is 313 Å². The summed E-state index contributed by atoms with van der Waals surface area (Å²) in [5.41, 5.74) is 8.64. The summed E-state index contributed by atoms with van der Waals surface area (Å²) < 4.78 is 1.03. The van der Waals surface area contributed by atoms with Crippen LogP contribution in [0.3, 0.4) is 0 Å². The molecule has 0 aliphatic carbocycles. The Morgan fingerprint density at radius 3 is 1.92 bits per heavy atom. The number of benzene rings is 3. The van der Waals surface area contributed by atoms with Crippen molar-refractivity contribution in [3.8, 4) is 31.6 Å². The highest BCUT2D eigenvalue weighted by Crippen LogP contribution is 2.37. The van der Waals surface area contributed by atoms with Crippen molar-refractivity contribution in [2.75, 3.05) is 10.6 Å². The molecule has 4 N–H and O–H groups in total. The number of hydrogen-bond acceptors (Lipinski definition) is 10. The maximum atomic E-state index is 11.1. The lowest BCUT2D eigenvalue weighted by Gasteiger charge is -2.17. The molecule has 11 heteroatoms. The number of aliphatic hydroxyl groups excluding tert-OH is 2. The molecular formula is C40H35BrN6O2S2. The van der Waals surface area contributed by atoms with Crippen LogP contribution in [0.4, 0.5) is 23.3 Å². The Balaban J connectivity index is 0.969. The van der Waals surface area contributed by atoms with Gasteiger partial charge in [-0.15, -0.1) is 22.7 Å². The van der Waals surface area contributed by atoms with Gasteiger partial charge in [-0.1, -0.05) is 42.5 Å². The minimum Gasteiger partial charge on any atom is -0.393 e. The minimum absolute atomic E-state index is 0.177. The Morgan fingerprint density at radius 1 is 0.667 bits per heavy atom. The number of nitrogens with zero attached hydrogens (tertiary/aromatic N) is 4. The first-order valence-electron chi connectivity index (χ1n) is 16.4. The van der Waals surface area contributed by atoms with Crippen LogP contribution in [0.1, 0.15) is 34.8 Å². The molecule has 51 heavy (non-hydrogen) atoms. The molecule has 8 nitrogen and oxygen atoms in total. The second kappa shape index (κ2) is 15.6. The monoisotopic (exact) mass is 774 g/mol. The van der Waals surface area contributed by atoms with Crippen molar-refractivity contribution in [1.29, 1.82) is 0 Å². The van der Waals surface area contributed by atoms with Gasteiger partial charge in [0.05, 0.1) is 37.1 Å². The Hall–Kier alpha value is -4.78. The van der Waals surface area contributed by atoms with E-state index >= 15 is 0 Å². The first-order valence-corrected chi connectivity index (χ1v) is 18.9. The third kappa shape index (κ3) is 8.58. The van der Waals surface area contributed by atoms with Crippen molar-refractivity contribution in [2.24, 2.45) is 0 Å². The quantitative estimate of drug-likeness (QED) is 0.0970. The Kier molecular flexibility index (Phi) is 10.6. The van der Waals surface area contributed by atoms with E-state index in [-0.39, 0.29) is 6.42 Å². The lowest BCUT2D eigenvalue weighted by Crippen LogP contribution is -2.15. The maximum Gasteiger partial charge on any atom is 0.227 e. The normalized spacial score (nSPS) is 12.4. The van der Waals surface area contributed by atoms with Crippen LogP contribution in [-0.4, -0.2) is 36.3 Å². The maximum absolute atomic E-state index is 11.1. The molecule has 2 atom stereocenters. The fourth-order valence-electron chi connectivity index (χ4n) is 5.98. The zero-order valence-electron chi connectivity index (χ0n) is 27.9. The summed E-state index contributed by atoms with van der Waals surface area (Å²) in [5, 5.41) is 28.6. The van der Waals surface area contributed by atoms with E-state index in [4.69, 9.17) is 4.98 Å². The van der Waals surface area contributed by atoms with Crippen LogP contribution in [0.25, 0.3) is 31.6 Å². The number of anilines is 4. The second-order valence-electron chi connectivity index (χ2n) is 12.3. The molecule has 3 aromatic carbocycles. The lowest BCUT2D eigenvalue weighted by atomic mass is 9.98. The number of thiophene rings is 2. The van der Waals surface area contributed by atoms with Gasteiger partial charge >= 0.3 is 0 Å². The van der Waals surface area contributed by atoms with Gasteiger partial charge in [0.2, 0.25) is 11.9 Å². The lowest BCUT2D eigenvalue weighted by molar-refractivity contribution is 0.0808. The number of aromatic nitrogens is 4. The second-order valence-corrected chi connectivity index (χ2v) is 15.8. The van der Waals surface area contributed by atoms with Crippen molar-refractivity contribution in [3.63, 3.8) is 0 Å². The van der Waals surface area contributed by atoms with Crippen LogP contribution >= 0.6 is 38.6 Å². The predicted molar refractivity (Wildman–Crippen MR) is 212 cm³/mol. The van der Waals surface area contributed by atoms with Gasteiger partial charge < -0.3 is 20.8 Å². The van der Waals surface area contributed by atoms with Gasteiger partial charge in [-0.05, 0) is 125 Å². The Bertz CT molecular complexity index is 2270. The van der Waals surface area contributed by atoms with Gasteiger partial charge in [-0.2, -0.15) is 0 Å². The molecular weight excluding hydrogens is 741 g/mol. The highest BCUT2D eigenvalue weighted by molar-refractivity contribution is 9.11. The molecule has 256 valence electrons. The third-order valence-electron chi connectivity index (χ3n) is 8.40. The number of aliphatic hydroxyl groups is 2. The molecule has 0 saturated heterocycles. The van der Waals surface area contributed by atoms with E-state index in [9.17, 15) is 10.2 Å². The standard InChI is InChI=1S/C40H35BrN6O2S2/c1-24-6-3-7-25(2)38(24)36-13-12-34(50-36)31-16-18-42-39(46-31)44-28-10-4-8-26(20-28)21-30(48)23-33(49)27-9-5-11-29(22-27)45-40-43-19-17-32(47-40)35-14-15-37(41)51-35/h3-20,22,30,33,48-49H,21,23H2,1-2H3,(H,42,44,46)(H,43,45,47). The predicted octanol–water partition coefficient (Wildman–Crippen LogP) is 10.3. The molecule has 0 aliphatic rings. The van der Waals surface area contributed by atoms with Crippen molar-refractivity contribution in [1.82, 2.24) is 19.9 Å². The molecule has 0 amide bonds. The van der Waals surface area contributed by atoms with E-state index in [1.54, 1.807) is 35.1 Å². The van der Waals surface area contributed by atoms with E-state index in [1.165, 1.54) is 21.6 Å². The number of halogens is 1. The summed E-state index contributed by atoms with van der Waals surface area (Å²) in [4.78, 5) is 21.6. The smallest absolute Gasteiger partial charge is 0.227 e. The molecule has 7 aromatic rings. The van der Waals surface area contributed by atoms with Crippen molar-refractivity contribution < 1.29 is 10.2 Å². The molecule has 2 unspecified atom stereocenters. The summed E-state index contributed by atoms with van der Waals surface area (Å²) in [5.74, 6) is 0.955. The summed E-state index contributed by atoms with van der Waals surface area (Å²) in [6.45, 7) is 4.29. The fraction of sp³-hybridized carbons (Fsp3) is 0.150. The minimum atomic E-state index is -0.859. The van der Waals surface area contributed by atoms with Crippen LogP contribution in [0.2, 0.25) is 0 Å². The van der Waals surface area contributed by atoms with E-state index in [0.717, 1.165) is 41.9 Å². The van der Waals surface area contributed by atoms with Gasteiger partial charge in [0.1, 0.15) is 0 Å². The summed E-state index contributed by atoms with van der Waals surface area (Å²) in [7, 11) is 0. The molecule has 0 fully saturated rings. The van der Waals surface area contributed by atoms with Crippen LogP contribution in [0.5, 0.6) is 0 Å². The molecule has 0 spiro atoms. The van der Waals surface area contributed by atoms with Crippen LogP contribution in [-0.2, 0) is 6.42 Å². The van der Waals surface area contributed by atoms with Crippen molar-refractivity contribution >= 4 is 61.9 Å². The SMILES string of the molecule is Cc1cccc(C)c1-c1ccc(-c2ccnc(Nc3cccc(CC(O)CC(O)c4cccc(Nc5nccc(-c6ccc(Br)s6)n5)c4)c3)n2)s1. The molecule has 0 saturated carbocycles. The number of aryl methyl sites for hydroxylation is 2. The molecule has 0 bridgehead atoms. The molecule has 4 aromatic heterocycles. The fourth-order valence-corrected chi connectivity index (χ4v) is 8.49. The van der Waals surface area contributed by atoms with Gasteiger partial charge in [-0.3, -0.25) is 0 Å². The van der Waals surface area contributed by atoms with E-state index in [2.05, 4.69) is 85.7 Å². The highest BCUT2D eigenvalue weighted by atomic mass is 79.9. The van der Waals surface area contributed by atoms with Gasteiger partial charge in [0.15, 0.2) is 0 Å². The summed E-state index contributed by atoms with van der Waals surface area (Å²) in [6.07, 6.45) is 2.41. The number of rotatable bonds is 12. The Morgan fingerprint density at radius 2 is 1.25 bits per heavy atom. The average Bonchev–Trinajstić information content (AvgIpc) is 3.78. The largest absolute Gasteiger partial charge is 0.393 e. The van der Waals surface area contributed by atoms with Crippen LogP contribution in [0, 0.1) is 13.8 Å². The average molecular weight is 776 g/mol. The first kappa shape index (κ1) is 34.7. The molecule has 4 heterocycles. The third-order valence-corrected chi connectivity index (χ3v) is 11.2.